The maximum atomic E-state index is 13.5. The van der Waals surface area contributed by atoms with Crippen LogP contribution in [-0.4, -0.2) is 74.3 Å². The molecule has 10 heteroatoms. The SMILES string of the molecule is CCCCC/C=C\C/C=C\C/C=C\CCCCCCC(=O)NC(COP(=O)(O)OCC[N+](C)(C)C)C(/C=C\CCCCCCCCCCC)OC(=O)CCCCC/C=C\CCCCCCCC. The minimum absolute atomic E-state index is 0.0320. The first-order chi connectivity index (χ1) is 32.4. The van der Waals surface area contributed by atoms with Crippen LogP contribution < -0.4 is 5.32 Å². The Morgan fingerprint density at radius 2 is 0.910 bits per heavy atom. The predicted molar refractivity (Wildman–Crippen MR) is 286 cm³/mol. The molecule has 0 aromatic rings. The monoisotopic (exact) mass is 962 g/mol. The second kappa shape index (κ2) is 47.4. The van der Waals surface area contributed by atoms with Crippen molar-refractivity contribution in [3.05, 3.63) is 60.8 Å². The third-order valence-electron chi connectivity index (χ3n) is 11.9. The van der Waals surface area contributed by atoms with Crippen molar-refractivity contribution in [2.75, 3.05) is 40.9 Å². The number of likely N-dealkylation sites (N-methyl/N-ethyl adjacent to an activating group) is 1. The zero-order valence-corrected chi connectivity index (χ0v) is 45.3. The van der Waals surface area contributed by atoms with Crippen molar-refractivity contribution in [2.24, 2.45) is 0 Å². The fourth-order valence-corrected chi connectivity index (χ4v) is 8.32. The molecule has 0 aromatic carbocycles. The van der Waals surface area contributed by atoms with E-state index in [9.17, 15) is 19.0 Å². The first kappa shape index (κ1) is 64.7. The number of esters is 1. The molecule has 67 heavy (non-hydrogen) atoms. The molecule has 0 saturated carbocycles. The van der Waals surface area contributed by atoms with E-state index in [4.69, 9.17) is 13.8 Å². The fourth-order valence-electron chi connectivity index (χ4n) is 7.59. The van der Waals surface area contributed by atoms with E-state index < -0.39 is 20.0 Å². The summed E-state index contributed by atoms with van der Waals surface area (Å²) in [6.07, 6.45) is 57.8. The van der Waals surface area contributed by atoms with Crippen molar-refractivity contribution < 1.29 is 37.3 Å². The molecular formula is C57H106N2O7P+. The third kappa shape index (κ3) is 48.5. The molecule has 0 aliphatic carbocycles. The molecule has 0 saturated heterocycles. The van der Waals surface area contributed by atoms with Gasteiger partial charge in [-0.1, -0.05) is 191 Å². The number of hydrogen-bond donors (Lipinski definition) is 2. The molecule has 0 radical (unpaired) electrons. The van der Waals surface area contributed by atoms with Crippen LogP contribution in [0.5, 0.6) is 0 Å². The largest absolute Gasteiger partial charge is 0.472 e. The van der Waals surface area contributed by atoms with Gasteiger partial charge in [0.25, 0.3) is 0 Å². The van der Waals surface area contributed by atoms with Crippen molar-refractivity contribution in [2.45, 2.75) is 251 Å². The van der Waals surface area contributed by atoms with Gasteiger partial charge in [0.1, 0.15) is 19.3 Å². The van der Waals surface area contributed by atoms with E-state index in [1.807, 2.05) is 33.3 Å². The Labute approximate surface area is 413 Å². The maximum absolute atomic E-state index is 13.5. The molecule has 390 valence electrons. The number of phosphoric ester groups is 1. The normalized spacial score (nSPS) is 14.3. The minimum atomic E-state index is -4.45. The molecule has 0 heterocycles. The molecule has 2 N–H and O–H groups in total. The van der Waals surface area contributed by atoms with Crippen molar-refractivity contribution in [3.8, 4) is 0 Å². The zero-order valence-electron chi connectivity index (χ0n) is 44.4. The van der Waals surface area contributed by atoms with Crippen LogP contribution in [0.3, 0.4) is 0 Å². The molecule has 0 aliphatic heterocycles. The van der Waals surface area contributed by atoms with Crippen LogP contribution in [0.2, 0.25) is 0 Å². The average molecular weight is 962 g/mol. The Bertz CT molecular complexity index is 1340. The predicted octanol–water partition coefficient (Wildman–Crippen LogP) is 16.3. The average Bonchev–Trinajstić information content (AvgIpc) is 3.28. The number of allylic oxidation sites excluding steroid dienone is 9. The highest BCUT2D eigenvalue weighted by Gasteiger charge is 2.30. The summed E-state index contributed by atoms with van der Waals surface area (Å²) < 4.78 is 30.5. The summed E-state index contributed by atoms with van der Waals surface area (Å²) in [7, 11) is 1.47. The van der Waals surface area contributed by atoms with E-state index in [0.717, 1.165) is 89.9 Å². The molecule has 0 spiro atoms. The number of unbranched alkanes of at least 4 members (excludes halogenated alkanes) is 25. The van der Waals surface area contributed by atoms with Crippen molar-refractivity contribution in [1.82, 2.24) is 5.32 Å². The van der Waals surface area contributed by atoms with Gasteiger partial charge in [-0.3, -0.25) is 18.6 Å². The topological polar surface area (TPSA) is 111 Å². The number of nitrogens with one attached hydrogen (secondary N) is 1. The van der Waals surface area contributed by atoms with Gasteiger partial charge in [-0.15, -0.1) is 0 Å². The Hall–Kier alpha value is -2.29. The summed E-state index contributed by atoms with van der Waals surface area (Å²) in [5, 5.41) is 3.02. The summed E-state index contributed by atoms with van der Waals surface area (Å²) >= 11 is 0. The summed E-state index contributed by atoms with van der Waals surface area (Å²) in [5.41, 5.74) is 0. The van der Waals surface area contributed by atoms with E-state index in [2.05, 4.69) is 74.7 Å². The second-order valence-corrected chi connectivity index (χ2v) is 21.2. The number of phosphoric acid groups is 1. The number of rotatable bonds is 49. The number of amides is 1. The lowest BCUT2D eigenvalue weighted by Gasteiger charge is -2.27. The zero-order chi connectivity index (χ0) is 49.4. The summed E-state index contributed by atoms with van der Waals surface area (Å²) in [4.78, 5) is 37.5. The van der Waals surface area contributed by atoms with E-state index in [0.29, 0.717) is 23.9 Å². The van der Waals surface area contributed by atoms with E-state index in [1.54, 1.807) is 0 Å². The molecular weight excluding hydrogens is 856 g/mol. The summed E-state index contributed by atoms with van der Waals surface area (Å²) in [6.45, 7) is 6.93. The van der Waals surface area contributed by atoms with Crippen LogP contribution in [0, 0.1) is 0 Å². The second-order valence-electron chi connectivity index (χ2n) is 19.7. The minimum Gasteiger partial charge on any atom is -0.456 e. The van der Waals surface area contributed by atoms with Gasteiger partial charge in [0.2, 0.25) is 5.91 Å². The Morgan fingerprint density at radius 3 is 1.42 bits per heavy atom. The number of ether oxygens (including phenoxy) is 1. The molecule has 3 atom stereocenters. The molecule has 3 unspecified atom stereocenters. The molecule has 1 amide bonds. The van der Waals surface area contributed by atoms with Crippen LogP contribution in [-0.2, 0) is 27.9 Å². The third-order valence-corrected chi connectivity index (χ3v) is 12.9. The molecule has 0 aliphatic rings. The molecule has 0 aromatic heterocycles. The van der Waals surface area contributed by atoms with Crippen LogP contribution in [0.15, 0.2) is 60.8 Å². The number of carbonyl (C=O) groups is 2. The van der Waals surface area contributed by atoms with E-state index in [1.165, 1.54) is 109 Å². The van der Waals surface area contributed by atoms with E-state index in [-0.39, 0.29) is 31.5 Å². The smallest absolute Gasteiger partial charge is 0.456 e. The lowest BCUT2D eigenvalue weighted by Crippen LogP contribution is -2.47. The van der Waals surface area contributed by atoms with Crippen molar-refractivity contribution >= 4 is 19.7 Å². The number of nitrogens with zero attached hydrogens (tertiary/aromatic N) is 1. The quantitative estimate of drug-likeness (QED) is 0.0205. The van der Waals surface area contributed by atoms with Gasteiger partial charge in [0.05, 0.1) is 33.8 Å². The summed E-state index contributed by atoms with van der Waals surface area (Å²) in [6, 6.07) is -0.865. The first-order valence-electron chi connectivity index (χ1n) is 27.6. The van der Waals surface area contributed by atoms with Crippen molar-refractivity contribution in [3.63, 3.8) is 0 Å². The highest BCUT2D eigenvalue weighted by atomic mass is 31.2. The van der Waals surface area contributed by atoms with Crippen LogP contribution >= 0.6 is 7.82 Å². The fraction of sp³-hybridized carbons (Fsp3) is 0.789. The Balaban J connectivity index is 5.42. The maximum Gasteiger partial charge on any atom is 0.472 e. The highest BCUT2D eigenvalue weighted by molar-refractivity contribution is 7.47. The van der Waals surface area contributed by atoms with Gasteiger partial charge in [-0.25, -0.2) is 4.57 Å². The lowest BCUT2D eigenvalue weighted by molar-refractivity contribution is -0.870. The van der Waals surface area contributed by atoms with E-state index >= 15 is 0 Å². The van der Waals surface area contributed by atoms with Gasteiger partial charge in [0, 0.05) is 12.8 Å². The van der Waals surface area contributed by atoms with Gasteiger partial charge < -0.3 is 19.4 Å². The van der Waals surface area contributed by atoms with Gasteiger partial charge >= 0.3 is 13.8 Å². The van der Waals surface area contributed by atoms with Gasteiger partial charge in [0.15, 0.2) is 0 Å². The lowest BCUT2D eigenvalue weighted by atomic mass is 10.1. The van der Waals surface area contributed by atoms with Gasteiger partial charge in [-0.2, -0.15) is 0 Å². The van der Waals surface area contributed by atoms with Crippen LogP contribution in [0.25, 0.3) is 0 Å². The Morgan fingerprint density at radius 1 is 0.522 bits per heavy atom. The van der Waals surface area contributed by atoms with Crippen LogP contribution in [0.4, 0.5) is 0 Å². The molecule has 9 nitrogen and oxygen atoms in total. The standard InChI is InChI=1S/C57H105N2O7P/c1-7-10-13-16-19-22-25-27-28-29-30-32-34-37-40-43-46-49-56(60)58-54(53-65-67(62,63)64-52-51-59(4,5)6)55(48-45-42-39-36-33-24-21-18-15-12-9-3)66-57(61)50-47-44-41-38-35-31-26-23-20-17-14-11-8-2/h19,22,27-28,30-32,35,45,48,54-55H,7-18,20-21,23-26,29,33-34,36-44,46-47,49-53H2,1-6H3,(H-,58,60,62,63)/p+1/b22-19-,28-27-,32-30-,35-31-,48-45-. The molecule has 0 fully saturated rings. The van der Waals surface area contributed by atoms with Crippen molar-refractivity contribution in [1.29, 1.82) is 0 Å². The summed E-state index contributed by atoms with van der Waals surface area (Å²) in [5.74, 6) is -0.551. The number of carbonyl (C=O) groups excluding carboxylic acids is 2. The Kier molecular flexibility index (Phi) is 45.8. The first-order valence-corrected chi connectivity index (χ1v) is 29.1. The van der Waals surface area contributed by atoms with Gasteiger partial charge in [-0.05, 0) is 96.0 Å². The number of quaternary nitrogens is 1. The highest BCUT2D eigenvalue weighted by Crippen LogP contribution is 2.43. The van der Waals surface area contributed by atoms with Crippen LogP contribution in [0.1, 0.15) is 239 Å². The number of hydrogen-bond acceptors (Lipinski definition) is 6. The molecule has 0 rings (SSSR count). The molecule has 0 bridgehead atoms.